The number of amides is 2. The molecule has 2 amide bonds. The Morgan fingerprint density at radius 2 is 1.59 bits per heavy atom. The monoisotopic (exact) mass is 477 g/mol. The summed E-state index contributed by atoms with van der Waals surface area (Å²) in [7, 11) is 0. The zero-order valence-electron chi connectivity index (χ0n) is 16.7. The van der Waals surface area contributed by atoms with Crippen molar-refractivity contribution < 1.29 is 14.3 Å². The first-order valence-corrected chi connectivity index (χ1v) is 10.3. The summed E-state index contributed by atoms with van der Waals surface area (Å²) in [5.41, 5.74) is 1.66. The molecule has 2 aromatic rings. The van der Waals surface area contributed by atoms with Crippen LogP contribution in [0.2, 0.25) is 0 Å². The van der Waals surface area contributed by atoms with Crippen molar-refractivity contribution in [3.63, 3.8) is 0 Å². The van der Waals surface area contributed by atoms with E-state index in [1.807, 2.05) is 27.7 Å². The molecule has 0 heterocycles. The quantitative estimate of drug-likeness (QED) is 0.533. The highest BCUT2D eigenvalue weighted by Crippen LogP contribution is 2.27. The number of halogens is 1. The first-order valence-electron chi connectivity index (χ1n) is 9.15. The maximum absolute atomic E-state index is 12.4. The topological polar surface area (TPSA) is 79.5 Å². The highest BCUT2D eigenvalue weighted by Gasteiger charge is 2.12. The van der Waals surface area contributed by atoms with Crippen LogP contribution in [0.1, 0.15) is 48.4 Å². The lowest BCUT2D eigenvalue weighted by atomic mass is 10.2. The van der Waals surface area contributed by atoms with E-state index in [0.29, 0.717) is 27.0 Å². The molecule has 154 valence electrons. The number of anilines is 1. The molecule has 0 aliphatic heterocycles. The molecule has 0 atom stereocenters. The van der Waals surface area contributed by atoms with Gasteiger partial charge in [0.1, 0.15) is 5.75 Å². The van der Waals surface area contributed by atoms with Crippen LogP contribution in [0.5, 0.6) is 5.75 Å². The third-order valence-electron chi connectivity index (χ3n) is 3.61. The molecule has 6 nitrogen and oxygen atoms in total. The molecule has 0 saturated heterocycles. The lowest BCUT2D eigenvalue weighted by Crippen LogP contribution is -2.34. The molecule has 2 rings (SSSR count). The van der Waals surface area contributed by atoms with Crippen LogP contribution in [-0.2, 0) is 0 Å². The lowest BCUT2D eigenvalue weighted by molar-refractivity contribution is 0.0941. The Labute approximate surface area is 184 Å². The van der Waals surface area contributed by atoms with E-state index in [1.165, 1.54) is 0 Å². The molecule has 8 heteroatoms. The van der Waals surface area contributed by atoms with Gasteiger partial charge in [-0.3, -0.25) is 14.9 Å². The summed E-state index contributed by atoms with van der Waals surface area (Å²) in [5.74, 6) is 0.184. The molecule has 29 heavy (non-hydrogen) atoms. The molecule has 3 N–H and O–H groups in total. The molecule has 0 aromatic heterocycles. The molecular weight excluding hydrogens is 454 g/mol. The van der Waals surface area contributed by atoms with Gasteiger partial charge in [-0.2, -0.15) is 0 Å². The number of carbonyl (C=O) groups is 2. The van der Waals surface area contributed by atoms with E-state index in [0.717, 1.165) is 0 Å². The zero-order chi connectivity index (χ0) is 21.6. The number of hydrogen-bond donors (Lipinski definition) is 3. The number of ether oxygens (including phenoxy) is 1. The Hall–Kier alpha value is -2.45. The molecule has 2 aromatic carbocycles. The SMILES string of the molecule is CC(C)NC(=O)c1ccc(NC(=S)NC(=O)c2ccc(OC(C)C)c(Br)c2)cc1. The van der Waals surface area contributed by atoms with Gasteiger partial charge >= 0.3 is 0 Å². The summed E-state index contributed by atoms with van der Waals surface area (Å²) < 4.78 is 6.33. The number of hydrogen-bond acceptors (Lipinski definition) is 4. The largest absolute Gasteiger partial charge is 0.490 e. The Morgan fingerprint density at radius 1 is 0.966 bits per heavy atom. The predicted molar refractivity (Wildman–Crippen MR) is 123 cm³/mol. The summed E-state index contributed by atoms with van der Waals surface area (Å²) in [5, 5.41) is 8.56. The maximum atomic E-state index is 12.4. The Bertz CT molecular complexity index is 899. The summed E-state index contributed by atoms with van der Waals surface area (Å²) in [6, 6.07) is 12.0. The number of rotatable bonds is 6. The van der Waals surface area contributed by atoms with Gasteiger partial charge in [-0.25, -0.2) is 0 Å². The summed E-state index contributed by atoms with van der Waals surface area (Å²) in [4.78, 5) is 24.4. The number of carbonyl (C=O) groups excluding carboxylic acids is 2. The van der Waals surface area contributed by atoms with Gasteiger partial charge in [0.25, 0.3) is 11.8 Å². The van der Waals surface area contributed by atoms with Gasteiger partial charge < -0.3 is 15.4 Å². The third kappa shape index (κ3) is 7.14. The fourth-order valence-electron chi connectivity index (χ4n) is 2.38. The van der Waals surface area contributed by atoms with E-state index in [9.17, 15) is 9.59 Å². The van der Waals surface area contributed by atoms with Crippen molar-refractivity contribution in [1.82, 2.24) is 10.6 Å². The maximum Gasteiger partial charge on any atom is 0.257 e. The summed E-state index contributed by atoms with van der Waals surface area (Å²) in [6.45, 7) is 7.66. The van der Waals surface area contributed by atoms with Crippen molar-refractivity contribution in [1.29, 1.82) is 0 Å². The molecule has 0 saturated carbocycles. The fraction of sp³-hybridized carbons (Fsp3) is 0.286. The van der Waals surface area contributed by atoms with Gasteiger partial charge in [0, 0.05) is 22.9 Å². The van der Waals surface area contributed by atoms with Crippen molar-refractivity contribution in [2.45, 2.75) is 39.8 Å². The van der Waals surface area contributed by atoms with Crippen molar-refractivity contribution in [2.75, 3.05) is 5.32 Å². The van der Waals surface area contributed by atoms with Crippen LogP contribution in [0.3, 0.4) is 0 Å². The fourth-order valence-corrected chi connectivity index (χ4v) is 3.06. The Morgan fingerprint density at radius 3 is 2.14 bits per heavy atom. The summed E-state index contributed by atoms with van der Waals surface area (Å²) in [6.07, 6.45) is 0.0330. The van der Waals surface area contributed by atoms with Crippen molar-refractivity contribution in [2.24, 2.45) is 0 Å². The predicted octanol–water partition coefficient (Wildman–Crippen LogP) is 4.50. The van der Waals surface area contributed by atoms with Crippen LogP contribution >= 0.6 is 28.1 Å². The normalized spacial score (nSPS) is 10.6. The van der Waals surface area contributed by atoms with Gasteiger partial charge in [-0.05, 0) is 98.3 Å². The van der Waals surface area contributed by atoms with Gasteiger partial charge in [-0.1, -0.05) is 0 Å². The zero-order valence-corrected chi connectivity index (χ0v) is 19.1. The van der Waals surface area contributed by atoms with Crippen LogP contribution in [0, 0.1) is 0 Å². The smallest absolute Gasteiger partial charge is 0.257 e. The second kappa shape index (κ2) is 10.4. The number of nitrogens with one attached hydrogen (secondary N) is 3. The molecule has 0 bridgehead atoms. The molecular formula is C21H24BrN3O3S. The minimum absolute atomic E-state index is 0.0330. The van der Waals surface area contributed by atoms with Gasteiger partial charge in [0.15, 0.2) is 5.11 Å². The Kier molecular flexibility index (Phi) is 8.16. The first-order chi connectivity index (χ1) is 13.7. The molecule has 0 aliphatic carbocycles. The molecule has 0 radical (unpaired) electrons. The van der Waals surface area contributed by atoms with E-state index >= 15 is 0 Å². The highest BCUT2D eigenvalue weighted by atomic mass is 79.9. The highest BCUT2D eigenvalue weighted by molar-refractivity contribution is 9.10. The van der Waals surface area contributed by atoms with E-state index in [4.69, 9.17) is 17.0 Å². The Balaban J connectivity index is 1.95. The second-order valence-corrected chi connectivity index (χ2v) is 8.19. The lowest BCUT2D eigenvalue weighted by Gasteiger charge is -2.13. The van der Waals surface area contributed by atoms with Crippen molar-refractivity contribution >= 4 is 50.8 Å². The second-order valence-electron chi connectivity index (χ2n) is 6.93. The summed E-state index contributed by atoms with van der Waals surface area (Å²) >= 11 is 8.62. The standard InChI is InChI=1S/C21H24BrN3O3S/c1-12(2)23-19(26)14-5-8-16(9-6-14)24-21(29)25-20(27)15-7-10-18(17(22)11-15)28-13(3)4/h5-13H,1-4H3,(H,23,26)(H2,24,25,27,29). The van der Waals surface area contributed by atoms with Gasteiger partial charge in [0.05, 0.1) is 10.6 Å². The number of thiocarbonyl (C=S) groups is 1. The number of benzene rings is 2. The average Bonchev–Trinajstić information content (AvgIpc) is 2.62. The van der Waals surface area contributed by atoms with Gasteiger partial charge in [0.2, 0.25) is 0 Å². The minimum Gasteiger partial charge on any atom is -0.490 e. The molecule has 0 aliphatic rings. The van der Waals surface area contributed by atoms with E-state index < -0.39 is 0 Å². The first kappa shape index (κ1) is 22.8. The van der Waals surface area contributed by atoms with Crippen LogP contribution in [0.4, 0.5) is 5.69 Å². The average molecular weight is 478 g/mol. The van der Waals surface area contributed by atoms with Crippen LogP contribution in [-0.4, -0.2) is 29.1 Å². The van der Waals surface area contributed by atoms with Crippen LogP contribution in [0.25, 0.3) is 0 Å². The molecule has 0 unspecified atom stereocenters. The van der Waals surface area contributed by atoms with Crippen molar-refractivity contribution in [3.8, 4) is 5.75 Å². The minimum atomic E-state index is -0.341. The third-order valence-corrected chi connectivity index (χ3v) is 4.43. The van der Waals surface area contributed by atoms with Gasteiger partial charge in [-0.15, -0.1) is 0 Å². The van der Waals surface area contributed by atoms with E-state index in [-0.39, 0.29) is 29.1 Å². The van der Waals surface area contributed by atoms with Crippen LogP contribution in [0.15, 0.2) is 46.9 Å². The van der Waals surface area contributed by atoms with Crippen molar-refractivity contribution in [3.05, 3.63) is 58.1 Å². The van der Waals surface area contributed by atoms with E-state index in [1.54, 1.807) is 42.5 Å². The van der Waals surface area contributed by atoms with Crippen LogP contribution < -0.4 is 20.7 Å². The molecule has 0 fully saturated rings. The van der Waals surface area contributed by atoms with E-state index in [2.05, 4.69) is 31.9 Å². The molecule has 0 spiro atoms.